The molecule has 2 aromatic rings. The number of anilines is 1. The van der Waals surface area contributed by atoms with Crippen LogP contribution in [0.2, 0.25) is 0 Å². The van der Waals surface area contributed by atoms with Crippen LogP contribution in [0.15, 0.2) is 42.5 Å². The van der Waals surface area contributed by atoms with Crippen molar-refractivity contribution in [1.82, 2.24) is 10.2 Å². The number of nitrogens with one attached hydrogen (secondary N) is 3. The number of alkyl halides is 3. The van der Waals surface area contributed by atoms with Crippen molar-refractivity contribution >= 4 is 29.4 Å². The minimum atomic E-state index is -4.74. The number of hydrogen-bond acceptors (Lipinski definition) is 6. The molecule has 2 unspecified atom stereocenters. The lowest BCUT2D eigenvalue weighted by Crippen LogP contribution is -2.46. The number of likely N-dealkylation sites (tertiary alicyclic amines) is 1. The number of carbonyl (C=O) groups excluding carboxylic acids is 3. The van der Waals surface area contributed by atoms with Gasteiger partial charge in [-0.3, -0.25) is 15.0 Å². The van der Waals surface area contributed by atoms with Gasteiger partial charge < -0.3 is 30.7 Å². The zero-order valence-corrected chi connectivity index (χ0v) is 23.9. The molecule has 3 rings (SSSR count). The predicted molar refractivity (Wildman–Crippen MR) is 150 cm³/mol. The van der Waals surface area contributed by atoms with Crippen molar-refractivity contribution in [2.75, 3.05) is 18.4 Å². The highest BCUT2D eigenvalue weighted by Crippen LogP contribution is 2.38. The third kappa shape index (κ3) is 9.38. The number of nitrogens with zero attached hydrogens (tertiary/aromatic N) is 1. The Balaban J connectivity index is 1.63. The summed E-state index contributed by atoms with van der Waals surface area (Å²) in [4.78, 5) is 38.6. The van der Waals surface area contributed by atoms with Crippen LogP contribution < -0.4 is 21.1 Å². The summed E-state index contributed by atoms with van der Waals surface area (Å²) in [6, 6.07) is 8.82. The van der Waals surface area contributed by atoms with E-state index in [4.69, 9.17) is 20.6 Å². The molecule has 5 N–H and O–H groups in total. The zero-order chi connectivity index (χ0) is 31.2. The first kappa shape index (κ1) is 32.2. The minimum Gasteiger partial charge on any atom is -0.488 e. The average molecular weight is 592 g/mol. The first-order chi connectivity index (χ1) is 19.5. The van der Waals surface area contributed by atoms with E-state index in [9.17, 15) is 27.6 Å². The Morgan fingerprint density at radius 1 is 1.10 bits per heavy atom. The van der Waals surface area contributed by atoms with Crippen molar-refractivity contribution in [1.29, 1.82) is 5.41 Å². The SMILES string of the molecule is CC(NC(=O)CC(=O)Nc1ccc(C(=N)N)cc1)c1ccc(OC2CCCN(C(=O)OC(C)(C)C)C2)c(C(F)(F)F)c1. The molecule has 0 bridgehead atoms. The second-order valence-electron chi connectivity index (χ2n) is 11.1. The molecular weight excluding hydrogens is 555 g/mol. The Bertz CT molecular complexity index is 1310. The Labute approximate surface area is 242 Å². The van der Waals surface area contributed by atoms with E-state index in [0.29, 0.717) is 30.6 Å². The monoisotopic (exact) mass is 591 g/mol. The molecule has 0 saturated carbocycles. The molecular formula is C29H36F3N5O5. The van der Waals surface area contributed by atoms with Crippen LogP contribution in [0.4, 0.5) is 23.7 Å². The van der Waals surface area contributed by atoms with Gasteiger partial charge in [0.1, 0.15) is 29.7 Å². The Hall–Kier alpha value is -4.29. The number of amides is 3. The molecule has 2 atom stereocenters. The number of nitrogen functional groups attached to an aromatic ring is 1. The minimum absolute atomic E-state index is 0.0867. The van der Waals surface area contributed by atoms with Crippen molar-refractivity contribution in [2.45, 2.75) is 70.9 Å². The first-order valence-corrected chi connectivity index (χ1v) is 13.4. The van der Waals surface area contributed by atoms with E-state index < -0.39 is 53.8 Å². The zero-order valence-electron chi connectivity index (χ0n) is 23.9. The van der Waals surface area contributed by atoms with Gasteiger partial charge >= 0.3 is 12.3 Å². The Morgan fingerprint density at radius 2 is 1.76 bits per heavy atom. The number of amidine groups is 1. The normalized spacial score (nSPS) is 16.3. The maximum Gasteiger partial charge on any atom is 0.419 e. The van der Waals surface area contributed by atoms with Crippen molar-refractivity contribution in [2.24, 2.45) is 5.73 Å². The fourth-order valence-electron chi connectivity index (χ4n) is 4.31. The van der Waals surface area contributed by atoms with Crippen LogP contribution in [0.1, 0.15) is 69.7 Å². The Morgan fingerprint density at radius 3 is 2.36 bits per heavy atom. The third-order valence-corrected chi connectivity index (χ3v) is 6.31. The largest absolute Gasteiger partial charge is 0.488 e. The molecule has 2 aromatic carbocycles. The Kier molecular flexibility index (Phi) is 10.1. The van der Waals surface area contributed by atoms with Gasteiger partial charge in [-0.05, 0) is 82.5 Å². The molecule has 42 heavy (non-hydrogen) atoms. The van der Waals surface area contributed by atoms with Crippen LogP contribution in [0.25, 0.3) is 0 Å². The van der Waals surface area contributed by atoms with Gasteiger partial charge in [0.05, 0.1) is 18.2 Å². The third-order valence-electron chi connectivity index (χ3n) is 6.31. The standard InChI is InChI=1S/C29H36F3N5O5/c1-17(35-24(38)15-25(39)36-20-10-7-18(8-11-20)26(33)34)19-9-12-23(22(14-19)29(30,31)32)41-21-6-5-13-37(16-21)27(40)42-28(2,3)4/h7-12,14,17,21H,5-6,13,15-16H2,1-4H3,(H3,33,34)(H,35,38)(H,36,39). The van der Waals surface area contributed by atoms with Crippen molar-refractivity contribution < 1.29 is 37.0 Å². The molecule has 0 radical (unpaired) electrons. The average Bonchev–Trinajstić information content (AvgIpc) is 2.87. The van der Waals surface area contributed by atoms with Gasteiger partial charge in [-0.1, -0.05) is 6.07 Å². The second kappa shape index (κ2) is 13.1. The quantitative estimate of drug-likeness (QED) is 0.194. The summed E-state index contributed by atoms with van der Waals surface area (Å²) in [5.74, 6) is -1.81. The van der Waals surface area contributed by atoms with Gasteiger partial charge in [0, 0.05) is 17.8 Å². The highest BCUT2D eigenvalue weighted by Gasteiger charge is 2.37. The fourth-order valence-corrected chi connectivity index (χ4v) is 4.31. The number of hydrogen-bond donors (Lipinski definition) is 4. The van der Waals surface area contributed by atoms with Gasteiger partial charge in [-0.25, -0.2) is 4.79 Å². The van der Waals surface area contributed by atoms with Gasteiger partial charge in [-0.2, -0.15) is 13.2 Å². The van der Waals surface area contributed by atoms with E-state index in [0.717, 1.165) is 6.07 Å². The topological polar surface area (TPSA) is 147 Å². The highest BCUT2D eigenvalue weighted by atomic mass is 19.4. The summed E-state index contributed by atoms with van der Waals surface area (Å²) in [7, 11) is 0. The predicted octanol–water partition coefficient (Wildman–Crippen LogP) is 4.97. The van der Waals surface area contributed by atoms with E-state index in [1.54, 1.807) is 20.8 Å². The number of piperidine rings is 1. The van der Waals surface area contributed by atoms with Crippen LogP contribution >= 0.6 is 0 Å². The van der Waals surface area contributed by atoms with E-state index >= 15 is 0 Å². The lowest BCUT2D eigenvalue weighted by Gasteiger charge is -2.34. The molecule has 0 aliphatic carbocycles. The molecule has 0 aromatic heterocycles. The number of halogens is 3. The van der Waals surface area contributed by atoms with Crippen LogP contribution in [0, 0.1) is 5.41 Å². The molecule has 10 nitrogen and oxygen atoms in total. The molecule has 1 heterocycles. The van der Waals surface area contributed by atoms with E-state index in [1.165, 1.54) is 48.2 Å². The first-order valence-electron chi connectivity index (χ1n) is 13.4. The van der Waals surface area contributed by atoms with Crippen molar-refractivity contribution in [3.05, 3.63) is 59.2 Å². The van der Waals surface area contributed by atoms with Crippen LogP contribution in [0.5, 0.6) is 5.75 Å². The molecule has 13 heteroatoms. The summed E-state index contributed by atoms with van der Waals surface area (Å²) >= 11 is 0. The van der Waals surface area contributed by atoms with Crippen molar-refractivity contribution in [3.63, 3.8) is 0 Å². The lowest BCUT2D eigenvalue weighted by atomic mass is 10.0. The number of rotatable bonds is 8. The maximum atomic E-state index is 14.0. The smallest absolute Gasteiger partial charge is 0.419 e. The van der Waals surface area contributed by atoms with Gasteiger partial charge in [0.15, 0.2) is 0 Å². The molecule has 1 aliphatic heterocycles. The van der Waals surface area contributed by atoms with Crippen LogP contribution in [0.3, 0.4) is 0 Å². The highest BCUT2D eigenvalue weighted by molar-refractivity contribution is 6.04. The molecule has 1 saturated heterocycles. The van der Waals surface area contributed by atoms with E-state index in [-0.39, 0.29) is 23.7 Å². The number of benzene rings is 2. The van der Waals surface area contributed by atoms with Gasteiger partial charge in [0.2, 0.25) is 11.8 Å². The van der Waals surface area contributed by atoms with Gasteiger partial charge in [0.25, 0.3) is 0 Å². The second-order valence-corrected chi connectivity index (χ2v) is 11.1. The summed E-state index contributed by atoms with van der Waals surface area (Å²) < 4.78 is 53.2. The lowest BCUT2D eigenvalue weighted by molar-refractivity contribution is -0.139. The fraction of sp³-hybridized carbons (Fsp3) is 0.448. The molecule has 1 aliphatic rings. The number of carbonyl (C=O) groups is 3. The molecule has 3 amide bonds. The van der Waals surface area contributed by atoms with E-state index in [1.807, 2.05) is 0 Å². The number of nitrogens with two attached hydrogens (primary N) is 1. The maximum absolute atomic E-state index is 14.0. The summed E-state index contributed by atoms with van der Waals surface area (Å²) in [5, 5.41) is 12.5. The van der Waals surface area contributed by atoms with Crippen LogP contribution in [-0.2, 0) is 20.5 Å². The van der Waals surface area contributed by atoms with E-state index in [2.05, 4.69) is 10.6 Å². The van der Waals surface area contributed by atoms with Crippen molar-refractivity contribution in [3.8, 4) is 5.75 Å². The summed E-state index contributed by atoms with van der Waals surface area (Å²) in [5.41, 5.74) is 4.71. The summed E-state index contributed by atoms with van der Waals surface area (Å²) in [6.45, 7) is 7.21. The number of ether oxygens (including phenoxy) is 2. The van der Waals surface area contributed by atoms with Gasteiger partial charge in [-0.15, -0.1) is 0 Å². The molecule has 1 fully saturated rings. The molecule has 228 valence electrons. The molecule has 0 spiro atoms. The van der Waals surface area contributed by atoms with Crippen LogP contribution in [-0.4, -0.2) is 53.4 Å². The summed E-state index contributed by atoms with van der Waals surface area (Å²) in [6.07, 6.45) is -5.50.